The Bertz CT molecular complexity index is 2110. The number of carbonyl (C=O) groups excluding carboxylic acids is 2. The number of halogens is 2. The van der Waals surface area contributed by atoms with E-state index in [0.717, 1.165) is 38.3 Å². The zero-order valence-electron chi connectivity index (χ0n) is 30.0. The third-order valence-corrected chi connectivity index (χ3v) is 12.8. The lowest BCUT2D eigenvalue weighted by atomic mass is 9.94. The van der Waals surface area contributed by atoms with Crippen molar-refractivity contribution in [2.24, 2.45) is 0 Å². The molecule has 3 aromatic rings. The molecule has 13 nitrogen and oxygen atoms in total. The van der Waals surface area contributed by atoms with Gasteiger partial charge in [0.2, 0.25) is 0 Å². The second kappa shape index (κ2) is 13.7. The molecule has 4 aliphatic rings. The molecule has 3 fully saturated rings. The van der Waals surface area contributed by atoms with Crippen LogP contribution < -0.4 is 20.1 Å². The molecule has 1 N–H and O–H groups in total. The van der Waals surface area contributed by atoms with E-state index in [1.807, 2.05) is 7.05 Å². The summed E-state index contributed by atoms with van der Waals surface area (Å²) in [6.45, 7) is 4.16. The number of aryl methyl sites for hydroxylation is 1. The molecule has 1 atom stereocenters. The highest BCUT2D eigenvalue weighted by molar-refractivity contribution is 7.87. The topological polar surface area (TPSA) is 136 Å². The third-order valence-electron chi connectivity index (χ3n) is 11.2. The minimum absolute atomic E-state index is 0.0666. The SMILES string of the molecule is COCC1CN(c2cc(F)c3c4c(c(=O)oc3c2C)CN(C(=O)c2cc(N(C)C)c(C(=O)NS(=O)(=O)N3C5CCC3CC5)cc2F)CC4)CCN1C. The number of nitrogens with one attached hydrogen (secondary N) is 1. The van der Waals surface area contributed by atoms with Crippen LogP contribution in [-0.4, -0.2) is 114 Å². The molecule has 0 radical (unpaired) electrons. The number of anilines is 2. The first-order valence-electron chi connectivity index (χ1n) is 17.6. The molecule has 280 valence electrons. The summed E-state index contributed by atoms with van der Waals surface area (Å²) in [5.74, 6) is -3.31. The molecule has 2 bridgehead atoms. The highest BCUT2D eigenvalue weighted by atomic mass is 32.2. The van der Waals surface area contributed by atoms with E-state index in [9.17, 15) is 22.8 Å². The average molecular weight is 743 g/mol. The van der Waals surface area contributed by atoms with E-state index < -0.39 is 39.3 Å². The number of rotatable bonds is 8. The van der Waals surface area contributed by atoms with Gasteiger partial charge in [-0.25, -0.2) is 18.3 Å². The van der Waals surface area contributed by atoms with Crippen LogP contribution in [0.3, 0.4) is 0 Å². The fraction of sp³-hybridized carbons (Fsp3) is 0.528. The van der Waals surface area contributed by atoms with Gasteiger partial charge in [0.25, 0.3) is 11.8 Å². The number of hydrogen-bond acceptors (Lipinski definition) is 10. The van der Waals surface area contributed by atoms with E-state index in [-0.39, 0.29) is 71.0 Å². The molecule has 0 aliphatic carbocycles. The van der Waals surface area contributed by atoms with Gasteiger partial charge >= 0.3 is 15.8 Å². The number of benzene rings is 2. The summed E-state index contributed by atoms with van der Waals surface area (Å²) in [6, 6.07) is 3.32. The maximum atomic E-state index is 16.0. The lowest BCUT2D eigenvalue weighted by Gasteiger charge is -2.41. The quantitative estimate of drug-likeness (QED) is 0.344. The summed E-state index contributed by atoms with van der Waals surface area (Å²) in [6.07, 6.45) is 3.05. The summed E-state index contributed by atoms with van der Waals surface area (Å²) in [4.78, 5) is 47.6. The zero-order chi connectivity index (χ0) is 37.2. The van der Waals surface area contributed by atoms with Crippen molar-refractivity contribution in [2.75, 3.05) is 70.8 Å². The molecule has 4 aliphatic heterocycles. The Morgan fingerprint density at radius 2 is 1.69 bits per heavy atom. The molecular formula is C36H44F2N6O7S. The predicted octanol–water partition coefficient (Wildman–Crippen LogP) is 3.01. The number of amides is 2. The Kier molecular flexibility index (Phi) is 9.55. The van der Waals surface area contributed by atoms with Crippen LogP contribution in [0.5, 0.6) is 0 Å². The Balaban J connectivity index is 1.15. The summed E-state index contributed by atoms with van der Waals surface area (Å²) in [5, 5.41) is 0.193. The van der Waals surface area contributed by atoms with Gasteiger partial charge in [0.1, 0.15) is 17.2 Å². The minimum Gasteiger partial charge on any atom is -0.422 e. The normalized spacial score (nSPS) is 22.2. The number of ether oxygens (including phenoxy) is 1. The van der Waals surface area contributed by atoms with Gasteiger partial charge in [-0.2, -0.15) is 12.7 Å². The van der Waals surface area contributed by atoms with Crippen LogP contribution in [0.25, 0.3) is 11.0 Å². The number of carbonyl (C=O) groups is 2. The highest BCUT2D eigenvalue weighted by Gasteiger charge is 2.47. The molecule has 5 heterocycles. The Hall–Kier alpha value is -4.12. The molecule has 2 amide bonds. The fourth-order valence-corrected chi connectivity index (χ4v) is 10.1. The van der Waals surface area contributed by atoms with Gasteiger partial charge in [-0.3, -0.25) is 14.5 Å². The van der Waals surface area contributed by atoms with E-state index in [4.69, 9.17) is 9.15 Å². The minimum atomic E-state index is -4.17. The predicted molar refractivity (Wildman–Crippen MR) is 191 cm³/mol. The summed E-state index contributed by atoms with van der Waals surface area (Å²) in [7, 11) is 2.67. The second-order valence-corrected chi connectivity index (χ2v) is 16.1. The zero-order valence-corrected chi connectivity index (χ0v) is 30.8. The molecule has 0 saturated carbocycles. The first-order valence-corrected chi connectivity index (χ1v) is 19.0. The average Bonchev–Trinajstić information content (AvgIpc) is 3.72. The number of fused-ring (bicyclic) bond motifs is 5. The van der Waals surface area contributed by atoms with E-state index in [2.05, 4.69) is 14.5 Å². The second-order valence-electron chi connectivity index (χ2n) is 14.5. The van der Waals surface area contributed by atoms with Crippen molar-refractivity contribution in [1.82, 2.24) is 18.8 Å². The lowest BCUT2D eigenvalue weighted by Crippen LogP contribution is -2.53. The van der Waals surface area contributed by atoms with E-state index >= 15 is 8.78 Å². The van der Waals surface area contributed by atoms with Crippen molar-refractivity contribution in [1.29, 1.82) is 0 Å². The molecule has 0 spiro atoms. The van der Waals surface area contributed by atoms with Crippen LogP contribution in [0.4, 0.5) is 20.2 Å². The number of methoxy groups -OCH3 is 1. The molecule has 3 saturated heterocycles. The third kappa shape index (κ3) is 6.22. The van der Waals surface area contributed by atoms with Crippen molar-refractivity contribution in [2.45, 2.75) is 63.7 Å². The maximum Gasteiger partial charge on any atom is 0.341 e. The van der Waals surface area contributed by atoms with Crippen LogP contribution in [0, 0.1) is 18.6 Å². The molecule has 1 unspecified atom stereocenters. The molecule has 7 rings (SSSR count). The van der Waals surface area contributed by atoms with Gasteiger partial charge in [-0.05, 0) is 69.8 Å². The monoisotopic (exact) mass is 742 g/mol. The van der Waals surface area contributed by atoms with Crippen LogP contribution in [0.1, 0.15) is 63.1 Å². The Morgan fingerprint density at radius 3 is 2.35 bits per heavy atom. The molecule has 2 aromatic carbocycles. The number of nitrogens with zero attached hydrogens (tertiary/aromatic N) is 5. The smallest absolute Gasteiger partial charge is 0.341 e. The fourth-order valence-electron chi connectivity index (χ4n) is 8.47. The van der Waals surface area contributed by atoms with E-state index in [0.29, 0.717) is 36.5 Å². The van der Waals surface area contributed by atoms with Crippen LogP contribution in [0.15, 0.2) is 27.4 Å². The lowest BCUT2D eigenvalue weighted by molar-refractivity contribution is 0.0727. The largest absolute Gasteiger partial charge is 0.422 e. The van der Waals surface area contributed by atoms with Crippen LogP contribution in [-0.2, 0) is 27.9 Å². The van der Waals surface area contributed by atoms with Crippen molar-refractivity contribution in [3.8, 4) is 0 Å². The summed E-state index contributed by atoms with van der Waals surface area (Å²) >= 11 is 0. The van der Waals surface area contributed by atoms with Gasteiger partial charge < -0.3 is 23.9 Å². The van der Waals surface area contributed by atoms with Gasteiger partial charge in [0.15, 0.2) is 0 Å². The van der Waals surface area contributed by atoms with Gasteiger partial charge in [-0.1, -0.05) is 0 Å². The Morgan fingerprint density at radius 1 is 1.00 bits per heavy atom. The molecule has 1 aromatic heterocycles. The standard InChI is InChI=1S/C36H44F2N6O7S/c1-20-30(42-13-12-41(4)23(17-42)19-50-5)16-29(38)32-24-10-11-43(18-27(24)36(47)51-33(20)32)35(46)25-15-31(40(2)3)26(14-28(25)37)34(45)39-52(48,49)44-21-6-7-22(44)9-8-21/h14-16,21-23H,6-13,17-19H2,1-5H3,(H,39,45). The molecule has 16 heteroatoms. The van der Waals surface area contributed by atoms with Crippen molar-refractivity contribution in [3.05, 3.63) is 68.1 Å². The Labute approximate surface area is 301 Å². The first kappa shape index (κ1) is 36.2. The van der Waals surface area contributed by atoms with Gasteiger partial charge in [0, 0.05) is 70.7 Å². The van der Waals surface area contributed by atoms with Crippen LogP contribution >= 0.6 is 0 Å². The van der Waals surface area contributed by atoms with Crippen molar-refractivity contribution < 1.29 is 35.9 Å². The van der Waals surface area contributed by atoms with Gasteiger partial charge in [-0.15, -0.1) is 0 Å². The van der Waals surface area contributed by atoms with E-state index in [1.54, 1.807) is 28.1 Å². The first-order chi connectivity index (χ1) is 24.7. The number of hydrogen-bond donors (Lipinski definition) is 1. The number of likely N-dealkylation sites (N-methyl/N-ethyl adjacent to an activating group) is 1. The number of piperazine rings is 1. The molecular weight excluding hydrogens is 698 g/mol. The maximum absolute atomic E-state index is 16.0. The summed E-state index contributed by atoms with van der Waals surface area (Å²) < 4.78 is 72.7. The highest BCUT2D eigenvalue weighted by Crippen LogP contribution is 2.40. The van der Waals surface area contributed by atoms with Crippen molar-refractivity contribution >= 4 is 44.4 Å². The van der Waals surface area contributed by atoms with Crippen molar-refractivity contribution in [3.63, 3.8) is 0 Å². The van der Waals surface area contributed by atoms with Crippen LogP contribution in [0.2, 0.25) is 0 Å². The summed E-state index contributed by atoms with van der Waals surface area (Å²) in [5.41, 5.74) is 0.822. The molecule has 52 heavy (non-hydrogen) atoms. The van der Waals surface area contributed by atoms with Gasteiger partial charge in [0.05, 0.1) is 47.0 Å². The van der Waals surface area contributed by atoms with E-state index in [1.165, 1.54) is 26.2 Å².